The van der Waals surface area contributed by atoms with Gasteiger partial charge < -0.3 is 10.1 Å². The molecule has 4 rings (SSSR count). The van der Waals surface area contributed by atoms with Crippen molar-refractivity contribution >= 4 is 35.0 Å². The van der Waals surface area contributed by atoms with E-state index in [1.807, 2.05) is 48.5 Å². The number of thioether (sulfide) groups is 1. The average molecular weight is 492 g/mol. The Balaban J connectivity index is 1.56. The molecule has 0 unspecified atom stereocenters. The number of hydrogen-bond acceptors (Lipinski definition) is 3. The lowest BCUT2D eigenvalue weighted by molar-refractivity contribution is -0.115. The average Bonchev–Trinajstić information content (AvgIpc) is 2.81. The number of anilines is 1. The Kier molecular flexibility index (Phi) is 7.88. The van der Waals surface area contributed by atoms with Crippen molar-refractivity contribution in [2.45, 2.75) is 18.2 Å². The molecule has 172 valence electrons. The summed E-state index contributed by atoms with van der Waals surface area (Å²) < 4.78 is 19.7. The third-order valence-electron chi connectivity index (χ3n) is 5.04. The third kappa shape index (κ3) is 6.40. The molecule has 6 heteroatoms. The highest BCUT2D eigenvalue weighted by Gasteiger charge is 2.12. The summed E-state index contributed by atoms with van der Waals surface area (Å²) in [4.78, 5) is 13.9. The summed E-state index contributed by atoms with van der Waals surface area (Å²) >= 11 is 7.80. The molecule has 0 saturated heterocycles. The lowest BCUT2D eigenvalue weighted by atomic mass is 10.0. The van der Waals surface area contributed by atoms with Crippen LogP contribution < -0.4 is 10.1 Å². The quantitative estimate of drug-likeness (QED) is 0.252. The zero-order valence-electron chi connectivity index (χ0n) is 18.6. The van der Waals surface area contributed by atoms with E-state index in [2.05, 4.69) is 12.2 Å². The monoisotopic (exact) mass is 491 g/mol. The molecule has 1 amide bonds. The topological polar surface area (TPSA) is 38.3 Å². The first kappa shape index (κ1) is 23.9. The van der Waals surface area contributed by atoms with E-state index >= 15 is 0 Å². The van der Waals surface area contributed by atoms with E-state index in [0.29, 0.717) is 22.2 Å². The highest BCUT2D eigenvalue weighted by Crippen LogP contribution is 2.36. The summed E-state index contributed by atoms with van der Waals surface area (Å²) in [6.45, 7) is 2.11. The lowest BCUT2D eigenvalue weighted by Gasteiger charge is -2.14. The Bertz CT molecular complexity index is 1280. The van der Waals surface area contributed by atoms with Crippen LogP contribution in [0.2, 0.25) is 5.02 Å². The Morgan fingerprint density at radius 2 is 1.74 bits per heavy atom. The second-order valence-corrected chi connectivity index (χ2v) is 9.35. The summed E-state index contributed by atoms with van der Waals surface area (Å²) in [5, 5.41) is 3.56. The largest absolute Gasteiger partial charge is 0.457 e. The second kappa shape index (κ2) is 11.2. The van der Waals surface area contributed by atoms with E-state index in [1.165, 1.54) is 17.0 Å². The highest BCUT2D eigenvalue weighted by molar-refractivity contribution is 7.99. The van der Waals surface area contributed by atoms with Gasteiger partial charge >= 0.3 is 0 Å². The summed E-state index contributed by atoms with van der Waals surface area (Å²) in [5.74, 6) is 1.34. The van der Waals surface area contributed by atoms with Crippen molar-refractivity contribution in [2.24, 2.45) is 0 Å². The molecule has 0 atom stereocenters. The van der Waals surface area contributed by atoms with Gasteiger partial charge in [-0.2, -0.15) is 0 Å². The molecule has 4 aromatic rings. The smallest absolute Gasteiger partial charge is 0.228 e. The third-order valence-corrected chi connectivity index (χ3v) is 6.19. The van der Waals surface area contributed by atoms with Gasteiger partial charge in [-0.1, -0.05) is 48.9 Å². The number of hydrogen-bond donors (Lipinski definition) is 1. The molecule has 0 fully saturated rings. The molecule has 0 radical (unpaired) electrons. The van der Waals surface area contributed by atoms with Gasteiger partial charge in [-0.05, 0) is 65.4 Å². The summed E-state index contributed by atoms with van der Waals surface area (Å²) in [7, 11) is 0. The molecule has 0 aliphatic carbocycles. The molecule has 34 heavy (non-hydrogen) atoms. The maximum absolute atomic E-state index is 13.7. The van der Waals surface area contributed by atoms with E-state index in [9.17, 15) is 9.18 Å². The van der Waals surface area contributed by atoms with Crippen LogP contribution in [0.25, 0.3) is 11.1 Å². The highest BCUT2D eigenvalue weighted by atomic mass is 35.5. The van der Waals surface area contributed by atoms with E-state index < -0.39 is 5.82 Å². The number of benzene rings is 4. The van der Waals surface area contributed by atoms with E-state index in [-0.39, 0.29) is 12.3 Å². The summed E-state index contributed by atoms with van der Waals surface area (Å²) in [6, 6.07) is 26.7. The summed E-state index contributed by atoms with van der Waals surface area (Å²) in [6.07, 6.45) is 0.260. The first-order valence-electron chi connectivity index (χ1n) is 10.8. The molecule has 4 aromatic carbocycles. The van der Waals surface area contributed by atoms with Crippen molar-refractivity contribution in [2.75, 3.05) is 11.1 Å². The van der Waals surface area contributed by atoms with Crippen molar-refractivity contribution in [1.29, 1.82) is 0 Å². The fourth-order valence-electron chi connectivity index (χ4n) is 3.47. The standard InChI is InChI=1S/C28H23ClFNO2S/c1-2-34-25-13-6-19(7-14-25)16-28(32)31-23-12-15-26(20-8-10-21(29)11-9-20)27(18-23)33-24-5-3-4-22(30)17-24/h3-15,17-18H,2,16H2,1H3,(H,31,32). The van der Waals surface area contributed by atoms with Gasteiger partial charge in [0.15, 0.2) is 0 Å². The van der Waals surface area contributed by atoms with Crippen LogP contribution in [0.1, 0.15) is 12.5 Å². The number of nitrogens with one attached hydrogen (secondary N) is 1. The van der Waals surface area contributed by atoms with Crippen LogP contribution in [0.15, 0.2) is 95.9 Å². The van der Waals surface area contributed by atoms with Crippen LogP contribution in [0.5, 0.6) is 11.5 Å². The first-order chi connectivity index (χ1) is 16.5. The molecule has 0 bridgehead atoms. The minimum Gasteiger partial charge on any atom is -0.457 e. The Labute approximate surface area is 207 Å². The zero-order valence-corrected chi connectivity index (χ0v) is 20.1. The molecule has 0 aliphatic heterocycles. The molecule has 0 aromatic heterocycles. The van der Waals surface area contributed by atoms with Crippen molar-refractivity contribution in [3.63, 3.8) is 0 Å². The second-order valence-electron chi connectivity index (χ2n) is 7.58. The lowest BCUT2D eigenvalue weighted by Crippen LogP contribution is -2.14. The van der Waals surface area contributed by atoms with Gasteiger partial charge in [0.25, 0.3) is 0 Å². The van der Waals surface area contributed by atoms with Crippen LogP contribution >= 0.6 is 23.4 Å². The van der Waals surface area contributed by atoms with Crippen molar-refractivity contribution in [3.05, 3.63) is 107 Å². The van der Waals surface area contributed by atoms with Gasteiger partial charge in [-0.3, -0.25) is 4.79 Å². The van der Waals surface area contributed by atoms with E-state index in [4.69, 9.17) is 16.3 Å². The number of ether oxygens (including phenoxy) is 1. The van der Waals surface area contributed by atoms with Gasteiger partial charge in [0.1, 0.15) is 17.3 Å². The van der Waals surface area contributed by atoms with Crippen molar-refractivity contribution in [3.8, 4) is 22.6 Å². The molecule has 3 nitrogen and oxygen atoms in total. The van der Waals surface area contributed by atoms with Gasteiger partial charge in [0.05, 0.1) is 6.42 Å². The molecule has 1 N–H and O–H groups in total. The van der Waals surface area contributed by atoms with Crippen LogP contribution in [0.4, 0.5) is 10.1 Å². The van der Waals surface area contributed by atoms with Gasteiger partial charge in [0, 0.05) is 33.3 Å². The minimum atomic E-state index is -0.390. The van der Waals surface area contributed by atoms with Gasteiger partial charge in [-0.25, -0.2) is 4.39 Å². The van der Waals surface area contributed by atoms with Crippen LogP contribution in [-0.2, 0) is 11.2 Å². The SMILES string of the molecule is CCSc1ccc(CC(=O)Nc2ccc(-c3ccc(Cl)cc3)c(Oc3cccc(F)c3)c2)cc1. The maximum Gasteiger partial charge on any atom is 0.228 e. The molecule has 0 heterocycles. The number of halogens is 2. The van der Waals surface area contributed by atoms with Crippen LogP contribution in [0, 0.1) is 5.82 Å². The normalized spacial score (nSPS) is 10.7. The van der Waals surface area contributed by atoms with E-state index in [0.717, 1.165) is 22.4 Å². The fourth-order valence-corrected chi connectivity index (χ4v) is 4.26. The minimum absolute atomic E-state index is 0.133. The molecule has 0 spiro atoms. The Hall–Kier alpha value is -3.28. The van der Waals surface area contributed by atoms with Crippen LogP contribution in [0.3, 0.4) is 0 Å². The van der Waals surface area contributed by atoms with Crippen molar-refractivity contribution < 1.29 is 13.9 Å². The first-order valence-corrected chi connectivity index (χ1v) is 12.2. The molecule has 0 aliphatic rings. The number of rotatable bonds is 8. The predicted octanol–water partition coefficient (Wildman–Crippen LogP) is 8.23. The van der Waals surface area contributed by atoms with Gasteiger partial charge in [-0.15, -0.1) is 11.8 Å². The number of carbonyl (C=O) groups excluding carboxylic acids is 1. The molecular weight excluding hydrogens is 469 g/mol. The van der Waals surface area contributed by atoms with Crippen molar-refractivity contribution in [1.82, 2.24) is 0 Å². The molecular formula is C28H23ClFNO2S. The number of carbonyl (C=O) groups is 1. The Morgan fingerprint density at radius 3 is 2.44 bits per heavy atom. The fraction of sp³-hybridized carbons (Fsp3) is 0.107. The molecule has 0 saturated carbocycles. The Morgan fingerprint density at radius 1 is 0.971 bits per heavy atom. The maximum atomic E-state index is 13.7. The number of amides is 1. The predicted molar refractivity (Wildman–Crippen MR) is 139 cm³/mol. The zero-order chi connectivity index (χ0) is 23.9. The van der Waals surface area contributed by atoms with E-state index in [1.54, 1.807) is 42.1 Å². The van der Waals surface area contributed by atoms with Crippen LogP contribution in [-0.4, -0.2) is 11.7 Å². The summed E-state index contributed by atoms with van der Waals surface area (Å²) in [5.41, 5.74) is 3.21. The van der Waals surface area contributed by atoms with Gasteiger partial charge in [0.2, 0.25) is 5.91 Å².